The van der Waals surface area contributed by atoms with E-state index >= 15 is 0 Å². The Labute approximate surface area is 158 Å². The summed E-state index contributed by atoms with van der Waals surface area (Å²) in [4.78, 5) is 6.11. The number of aromatic nitrogens is 1. The second kappa shape index (κ2) is 7.85. The van der Waals surface area contributed by atoms with Crippen LogP contribution in [-0.4, -0.2) is 10.8 Å². The Hall–Kier alpha value is -1.10. The smallest absolute Gasteiger partial charge is 0.197 e. The van der Waals surface area contributed by atoms with E-state index in [-0.39, 0.29) is 11.5 Å². The van der Waals surface area contributed by atoms with Crippen LogP contribution in [0.2, 0.25) is 5.02 Å². The predicted molar refractivity (Wildman–Crippen MR) is 107 cm³/mol. The molecule has 1 heterocycles. The van der Waals surface area contributed by atoms with Crippen molar-refractivity contribution >= 4 is 35.2 Å². The van der Waals surface area contributed by atoms with Crippen molar-refractivity contribution < 1.29 is 4.84 Å². The molecule has 1 aromatic heterocycles. The molecule has 0 aliphatic rings. The maximum absolute atomic E-state index is 6.11. The van der Waals surface area contributed by atoms with Gasteiger partial charge in [-0.2, -0.15) is 4.73 Å². The van der Waals surface area contributed by atoms with Gasteiger partial charge in [-0.25, -0.2) is 0 Å². The fourth-order valence-corrected chi connectivity index (χ4v) is 3.28. The van der Waals surface area contributed by atoms with E-state index in [0.717, 1.165) is 24.1 Å². The van der Waals surface area contributed by atoms with E-state index in [2.05, 4.69) is 34.3 Å². The predicted octanol–water partition coefficient (Wildman–Crippen LogP) is 6.80. The average Bonchev–Trinajstić information content (AvgIpc) is 2.86. The molecule has 2 aromatic rings. The Morgan fingerprint density at radius 3 is 2.54 bits per heavy atom. The fourth-order valence-electron chi connectivity index (χ4n) is 2.19. The van der Waals surface area contributed by atoms with Gasteiger partial charge in [0.1, 0.15) is 6.10 Å². The topological polar surface area (TPSA) is 14.2 Å². The van der Waals surface area contributed by atoms with Crippen LogP contribution in [0.3, 0.4) is 0 Å². The zero-order valence-corrected chi connectivity index (χ0v) is 17.0. The molecule has 1 aromatic carbocycles. The fraction of sp³-hybridized carbons (Fsp3) is 0.421. The van der Waals surface area contributed by atoms with Crippen molar-refractivity contribution in [1.82, 2.24) is 4.73 Å². The van der Waals surface area contributed by atoms with Crippen molar-refractivity contribution in [2.75, 3.05) is 0 Å². The van der Waals surface area contributed by atoms with Crippen molar-refractivity contribution in [1.29, 1.82) is 0 Å². The molecule has 0 N–H and O–H groups in total. The number of halogens is 1. The Morgan fingerprint density at radius 1 is 1.33 bits per heavy atom. The molecule has 1 unspecified atom stereocenters. The minimum Gasteiger partial charge on any atom is -0.409 e. The maximum atomic E-state index is 6.11. The van der Waals surface area contributed by atoms with Gasteiger partial charge in [-0.1, -0.05) is 56.7 Å². The third-order valence-electron chi connectivity index (χ3n) is 3.99. The lowest BCUT2D eigenvalue weighted by Gasteiger charge is -2.23. The Kier molecular flexibility index (Phi) is 6.29. The van der Waals surface area contributed by atoms with Crippen LogP contribution < -0.4 is 4.84 Å². The van der Waals surface area contributed by atoms with Crippen LogP contribution >= 0.6 is 35.2 Å². The molecule has 24 heavy (non-hydrogen) atoms. The summed E-state index contributed by atoms with van der Waals surface area (Å²) < 4.78 is 2.47. The van der Waals surface area contributed by atoms with Crippen molar-refractivity contribution in [3.63, 3.8) is 0 Å². The Balaban J connectivity index is 2.10. The van der Waals surface area contributed by atoms with Crippen molar-refractivity contribution in [2.24, 2.45) is 5.41 Å². The van der Waals surface area contributed by atoms with Crippen LogP contribution in [0.15, 0.2) is 41.8 Å². The molecular formula is C19H24ClNOS2. The number of benzene rings is 1. The van der Waals surface area contributed by atoms with Gasteiger partial charge in [-0.3, -0.25) is 0 Å². The molecule has 0 saturated carbocycles. The molecule has 0 radical (unpaired) electrons. The third-order valence-corrected chi connectivity index (χ3v) is 5.41. The molecule has 0 saturated heterocycles. The summed E-state index contributed by atoms with van der Waals surface area (Å²) >= 11 is 12.9. The minimum atomic E-state index is 0.0523. The Morgan fingerprint density at radius 2 is 1.96 bits per heavy atom. The zero-order chi connectivity index (χ0) is 17.9. The second-order valence-corrected chi connectivity index (χ2v) is 8.94. The summed E-state index contributed by atoms with van der Waals surface area (Å²) in [5.74, 6) is 0. The Bertz CT molecular complexity index is 753. The van der Waals surface area contributed by atoms with E-state index < -0.39 is 0 Å². The summed E-state index contributed by atoms with van der Waals surface area (Å²) in [7, 11) is 0. The lowest BCUT2D eigenvalue weighted by Crippen LogP contribution is -2.23. The number of hydrogen-bond donors (Lipinski definition) is 0. The zero-order valence-electron chi connectivity index (χ0n) is 14.6. The maximum Gasteiger partial charge on any atom is 0.197 e. The van der Waals surface area contributed by atoms with Crippen molar-refractivity contribution in [3.05, 3.63) is 50.8 Å². The van der Waals surface area contributed by atoms with Gasteiger partial charge in [0.25, 0.3) is 0 Å². The van der Waals surface area contributed by atoms with E-state index in [1.165, 1.54) is 16.9 Å². The lowest BCUT2D eigenvalue weighted by molar-refractivity contribution is 0.0451. The van der Waals surface area contributed by atoms with E-state index in [0.29, 0.717) is 8.98 Å². The monoisotopic (exact) mass is 381 g/mol. The minimum absolute atomic E-state index is 0.0523. The van der Waals surface area contributed by atoms with Gasteiger partial charge in [0.2, 0.25) is 0 Å². The molecule has 2 nitrogen and oxygen atoms in total. The van der Waals surface area contributed by atoms with Gasteiger partial charge in [0.05, 0.1) is 5.69 Å². The molecular weight excluding hydrogens is 358 g/mol. The number of thiazole rings is 1. The SMILES string of the molecule is C=C(CCC(C)On1c(-c2ccc(Cl)cc2)csc1=S)C(C)(C)C. The summed E-state index contributed by atoms with van der Waals surface area (Å²) in [5, 5.41) is 2.74. The average molecular weight is 382 g/mol. The van der Waals surface area contributed by atoms with Crippen molar-refractivity contribution in [3.8, 4) is 11.3 Å². The molecule has 0 aliphatic carbocycles. The highest BCUT2D eigenvalue weighted by molar-refractivity contribution is 7.73. The number of nitrogens with zero attached hydrogens (tertiary/aromatic N) is 1. The quantitative estimate of drug-likeness (QED) is 0.403. The number of hydrogen-bond acceptors (Lipinski definition) is 3. The van der Waals surface area contributed by atoms with Crippen LogP contribution in [-0.2, 0) is 0 Å². The first-order valence-electron chi connectivity index (χ1n) is 8.00. The molecule has 0 fully saturated rings. The molecule has 2 rings (SSSR count). The molecule has 0 spiro atoms. The van der Waals surface area contributed by atoms with Gasteiger partial charge < -0.3 is 4.84 Å². The first kappa shape index (κ1) is 19.2. The lowest BCUT2D eigenvalue weighted by atomic mass is 9.84. The van der Waals surface area contributed by atoms with Gasteiger partial charge in [0.15, 0.2) is 3.95 Å². The largest absolute Gasteiger partial charge is 0.409 e. The first-order valence-corrected chi connectivity index (χ1v) is 9.67. The summed E-state index contributed by atoms with van der Waals surface area (Å²) in [5.41, 5.74) is 3.37. The second-order valence-electron chi connectivity index (χ2n) is 7.00. The third kappa shape index (κ3) is 4.95. The first-order chi connectivity index (χ1) is 11.2. The summed E-state index contributed by atoms with van der Waals surface area (Å²) in [6, 6.07) is 7.70. The summed E-state index contributed by atoms with van der Waals surface area (Å²) in [6.07, 6.45) is 1.91. The van der Waals surface area contributed by atoms with Gasteiger partial charge in [0, 0.05) is 16.0 Å². The number of allylic oxidation sites excluding steroid dienone is 1. The molecule has 130 valence electrons. The van der Waals surface area contributed by atoms with Crippen LogP contribution in [0.25, 0.3) is 11.3 Å². The van der Waals surface area contributed by atoms with Crippen LogP contribution in [0.5, 0.6) is 0 Å². The van der Waals surface area contributed by atoms with Gasteiger partial charge >= 0.3 is 0 Å². The molecule has 0 amide bonds. The standard InChI is InChI=1S/C19H24ClNOS2/c1-13(19(3,4)5)6-7-14(2)22-21-17(12-24-18(21)23)15-8-10-16(20)11-9-15/h8-12,14H,1,6-7H2,2-5H3. The van der Waals surface area contributed by atoms with E-state index in [9.17, 15) is 0 Å². The highest BCUT2D eigenvalue weighted by Crippen LogP contribution is 2.28. The van der Waals surface area contributed by atoms with E-state index in [1.54, 1.807) is 4.73 Å². The van der Waals surface area contributed by atoms with Crippen LogP contribution in [0, 0.1) is 9.37 Å². The molecule has 5 heteroatoms. The van der Waals surface area contributed by atoms with E-state index in [1.807, 2.05) is 29.6 Å². The molecule has 1 atom stereocenters. The summed E-state index contributed by atoms with van der Waals surface area (Å²) in [6.45, 7) is 12.8. The normalized spacial score (nSPS) is 12.9. The number of rotatable bonds is 6. The molecule has 0 aliphatic heterocycles. The van der Waals surface area contributed by atoms with Crippen LogP contribution in [0.1, 0.15) is 40.5 Å². The van der Waals surface area contributed by atoms with Crippen LogP contribution in [0.4, 0.5) is 0 Å². The highest BCUT2D eigenvalue weighted by atomic mass is 35.5. The van der Waals surface area contributed by atoms with E-state index in [4.69, 9.17) is 28.7 Å². The van der Waals surface area contributed by atoms with Gasteiger partial charge in [-0.05, 0) is 49.5 Å². The van der Waals surface area contributed by atoms with Gasteiger partial charge in [-0.15, -0.1) is 11.3 Å². The molecule has 0 bridgehead atoms. The highest BCUT2D eigenvalue weighted by Gasteiger charge is 2.17. The van der Waals surface area contributed by atoms with Crippen molar-refractivity contribution in [2.45, 2.75) is 46.6 Å².